The highest BCUT2D eigenvalue weighted by Gasteiger charge is 2.27. The van der Waals surface area contributed by atoms with Crippen LogP contribution >= 0.6 is 0 Å². The number of hydrogen-bond acceptors (Lipinski definition) is 6. The smallest absolute Gasteiger partial charge is 0.409 e. The topological polar surface area (TPSA) is 82.4 Å². The summed E-state index contributed by atoms with van der Waals surface area (Å²) in [4.78, 5) is 27.2. The Morgan fingerprint density at radius 3 is 2.65 bits per heavy atom. The Labute approximate surface area is 182 Å². The van der Waals surface area contributed by atoms with Crippen LogP contribution in [0.2, 0.25) is 0 Å². The van der Waals surface area contributed by atoms with Gasteiger partial charge < -0.3 is 18.9 Å². The molecule has 0 aromatic carbocycles. The summed E-state index contributed by atoms with van der Waals surface area (Å²) >= 11 is 0. The van der Waals surface area contributed by atoms with Crippen LogP contribution in [0.15, 0.2) is 36.9 Å². The number of pyridine rings is 1. The predicted octanol–water partition coefficient (Wildman–Crippen LogP) is 4.75. The second-order valence-corrected chi connectivity index (χ2v) is 9.16. The Bertz CT molecular complexity index is 1060. The molecule has 4 heterocycles. The van der Waals surface area contributed by atoms with Crippen molar-refractivity contribution < 1.29 is 14.3 Å². The molecule has 8 nitrogen and oxygen atoms in total. The first-order chi connectivity index (χ1) is 14.8. The minimum Gasteiger partial charge on any atom is -0.449 e. The molecule has 0 unspecified atom stereocenters. The fourth-order valence-corrected chi connectivity index (χ4v) is 3.70. The fourth-order valence-electron chi connectivity index (χ4n) is 3.70. The average molecular weight is 424 g/mol. The molecule has 31 heavy (non-hydrogen) atoms. The van der Waals surface area contributed by atoms with Gasteiger partial charge in [-0.3, -0.25) is 4.98 Å². The molecule has 1 saturated heterocycles. The normalized spacial score (nSPS) is 15.3. The third-order valence-corrected chi connectivity index (χ3v) is 5.38. The summed E-state index contributed by atoms with van der Waals surface area (Å²) in [6.07, 6.45) is 6.75. The van der Waals surface area contributed by atoms with Crippen molar-refractivity contribution >= 4 is 17.1 Å². The van der Waals surface area contributed by atoms with E-state index in [0.717, 1.165) is 29.6 Å². The number of amides is 1. The van der Waals surface area contributed by atoms with E-state index in [1.165, 1.54) is 6.33 Å². The van der Waals surface area contributed by atoms with Gasteiger partial charge in [-0.15, -0.1) is 0 Å². The molecule has 0 N–H and O–H groups in total. The Hall–Kier alpha value is -3.16. The summed E-state index contributed by atoms with van der Waals surface area (Å²) in [6, 6.07) is 5.96. The van der Waals surface area contributed by atoms with E-state index in [1.807, 2.05) is 31.3 Å². The fraction of sp³-hybridized carbons (Fsp3) is 0.478. The summed E-state index contributed by atoms with van der Waals surface area (Å²) < 4.78 is 13.7. The molecule has 0 aliphatic carbocycles. The SMILES string of the molecule is Cc1ncccc1Oc1ncnc2c1ccn2C1CCN(C(=O)OCC(C)(C)C)CC1. The number of likely N-dealkylation sites (tertiary alicyclic amines) is 1. The quantitative estimate of drug-likeness (QED) is 0.602. The van der Waals surface area contributed by atoms with Gasteiger partial charge in [0.1, 0.15) is 12.0 Å². The van der Waals surface area contributed by atoms with E-state index in [9.17, 15) is 4.79 Å². The molecule has 1 fully saturated rings. The van der Waals surface area contributed by atoms with Crippen LogP contribution in [0.4, 0.5) is 4.79 Å². The molecule has 0 radical (unpaired) electrons. The van der Waals surface area contributed by atoms with Gasteiger partial charge in [0.2, 0.25) is 5.88 Å². The van der Waals surface area contributed by atoms with Crippen molar-refractivity contribution in [1.82, 2.24) is 24.4 Å². The van der Waals surface area contributed by atoms with Crippen LogP contribution < -0.4 is 4.74 Å². The molecular formula is C23H29N5O3. The zero-order chi connectivity index (χ0) is 22.0. The zero-order valence-electron chi connectivity index (χ0n) is 18.5. The number of aryl methyl sites for hydroxylation is 1. The summed E-state index contributed by atoms with van der Waals surface area (Å²) in [5.74, 6) is 1.19. The number of carbonyl (C=O) groups is 1. The molecule has 0 bridgehead atoms. The first kappa shape index (κ1) is 21.1. The number of hydrogen-bond donors (Lipinski definition) is 0. The van der Waals surface area contributed by atoms with Crippen molar-refractivity contribution in [1.29, 1.82) is 0 Å². The van der Waals surface area contributed by atoms with E-state index in [4.69, 9.17) is 9.47 Å². The molecule has 3 aromatic rings. The van der Waals surface area contributed by atoms with Crippen LogP contribution in [0.1, 0.15) is 45.3 Å². The average Bonchev–Trinajstić information content (AvgIpc) is 3.18. The van der Waals surface area contributed by atoms with Gasteiger partial charge >= 0.3 is 6.09 Å². The van der Waals surface area contributed by atoms with Crippen LogP contribution in [0.5, 0.6) is 11.6 Å². The van der Waals surface area contributed by atoms with Crippen molar-refractivity contribution in [2.24, 2.45) is 5.41 Å². The minimum absolute atomic E-state index is 0.0358. The van der Waals surface area contributed by atoms with E-state index in [1.54, 1.807) is 11.1 Å². The van der Waals surface area contributed by atoms with E-state index < -0.39 is 0 Å². The predicted molar refractivity (Wildman–Crippen MR) is 117 cm³/mol. The number of carbonyl (C=O) groups excluding carboxylic acids is 1. The first-order valence-corrected chi connectivity index (χ1v) is 10.6. The largest absolute Gasteiger partial charge is 0.449 e. The van der Waals surface area contributed by atoms with E-state index >= 15 is 0 Å². The summed E-state index contributed by atoms with van der Waals surface area (Å²) in [7, 11) is 0. The maximum atomic E-state index is 12.4. The highest BCUT2D eigenvalue weighted by atomic mass is 16.6. The van der Waals surface area contributed by atoms with Gasteiger partial charge in [-0.05, 0) is 43.4 Å². The number of aromatic nitrogens is 4. The Morgan fingerprint density at radius 2 is 1.94 bits per heavy atom. The molecule has 0 spiro atoms. The Morgan fingerprint density at radius 1 is 1.16 bits per heavy atom. The van der Waals surface area contributed by atoms with Crippen molar-refractivity contribution in [2.45, 2.75) is 46.6 Å². The molecular weight excluding hydrogens is 394 g/mol. The molecule has 1 aliphatic heterocycles. The highest BCUT2D eigenvalue weighted by molar-refractivity contribution is 5.81. The van der Waals surface area contributed by atoms with Gasteiger partial charge in [-0.1, -0.05) is 20.8 Å². The van der Waals surface area contributed by atoms with Crippen LogP contribution in [0.25, 0.3) is 11.0 Å². The van der Waals surface area contributed by atoms with E-state index in [0.29, 0.717) is 31.3 Å². The van der Waals surface area contributed by atoms with Crippen molar-refractivity contribution in [2.75, 3.05) is 19.7 Å². The summed E-state index contributed by atoms with van der Waals surface area (Å²) in [5.41, 5.74) is 1.60. The first-order valence-electron chi connectivity index (χ1n) is 10.6. The van der Waals surface area contributed by atoms with Crippen LogP contribution in [-0.2, 0) is 4.74 Å². The lowest BCUT2D eigenvalue weighted by molar-refractivity contribution is 0.0629. The van der Waals surface area contributed by atoms with Gasteiger partial charge in [0.15, 0.2) is 5.75 Å². The van der Waals surface area contributed by atoms with Gasteiger partial charge in [0.05, 0.1) is 17.7 Å². The molecule has 3 aromatic heterocycles. The molecule has 164 valence electrons. The molecule has 0 saturated carbocycles. The third kappa shape index (κ3) is 4.78. The molecule has 0 atom stereocenters. The lowest BCUT2D eigenvalue weighted by atomic mass is 9.99. The third-order valence-electron chi connectivity index (χ3n) is 5.38. The van der Waals surface area contributed by atoms with E-state index in [2.05, 4.69) is 40.3 Å². The molecule has 8 heteroatoms. The number of fused-ring (bicyclic) bond motifs is 1. The van der Waals surface area contributed by atoms with Gasteiger partial charge in [0, 0.05) is 31.5 Å². The maximum Gasteiger partial charge on any atom is 0.409 e. The van der Waals surface area contributed by atoms with Gasteiger partial charge in [0.25, 0.3) is 0 Å². The van der Waals surface area contributed by atoms with Gasteiger partial charge in [-0.25, -0.2) is 14.8 Å². The maximum absolute atomic E-state index is 12.4. The summed E-state index contributed by atoms with van der Waals surface area (Å²) in [5, 5.41) is 0.859. The van der Waals surface area contributed by atoms with Crippen LogP contribution in [0, 0.1) is 12.3 Å². The highest BCUT2D eigenvalue weighted by Crippen LogP contribution is 2.32. The molecule has 4 rings (SSSR count). The number of nitrogens with zero attached hydrogens (tertiary/aromatic N) is 5. The minimum atomic E-state index is -0.226. The second kappa shape index (κ2) is 8.53. The van der Waals surface area contributed by atoms with Crippen LogP contribution in [0.3, 0.4) is 0 Å². The Balaban J connectivity index is 1.45. The van der Waals surface area contributed by atoms with E-state index in [-0.39, 0.29) is 17.6 Å². The number of piperidine rings is 1. The Kier molecular flexibility index (Phi) is 5.80. The van der Waals surface area contributed by atoms with Crippen molar-refractivity contribution in [3.63, 3.8) is 0 Å². The molecule has 1 aliphatic rings. The second-order valence-electron chi connectivity index (χ2n) is 9.16. The van der Waals surface area contributed by atoms with Crippen LogP contribution in [-0.4, -0.2) is 50.2 Å². The standard InChI is InChI=1S/C23H29N5O3/c1-16-19(6-5-10-24-16)31-21-18-9-13-28(20(18)25-15-26-21)17-7-11-27(12-8-17)22(29)30-14-23(2,3)4/h5-6,9-10,13,15,17H,7-8,11-12,14H2,1-4H3. The zero-order valence-corrected chi connectivity index (χ0v) is 18.5. The van der Waals surface area contributed by atoms with Crippen molar-refractivity contribution in [3.8, 4) is 11.6 Å². The van der Waals surface area contributed by atoms with Gasteiger partial charge in [-0.2, -0.15) is 0 Å². The molecule has 1 amide bonds. The lowest BCUT2D eigenvalue weighted by Crippen LogP contribution is -2.40. The lowest BCUT2D eigenvalue weighted by Gasteiger charge is -2.33. The monoisotopic (exact) mass is 423 g/mol. The van der Waals surface area contributed by atoms with Crippen molar-refractivity contribution in [3.05, 3.63) is 42.6 Å². The number of ether oxygens (including phenoxy) is 2. The summed E-state index contributed by atoms with van der Waals surface area (Å²) in [6.45, 7) is 9.81. The number of rotatable bonds is 4.